The monoisotopic (exact) mass is 381 g/mol. The molecule has 2 heterocycles. The van der Waals surface area contributed by atoms with Gasteiger partial charge in [-0.3, -0.25) is 0 Å². The van der Waals surface area contributed by atoms with Crippen molar-refractivity contribution in [3.05, 3.63) is 59.7 Å². The molecule has 3 aliphatic rings. The summed E-state index contributed by atoms with van der Waals surface area (Å²) in [5, 5.41) is 0. The summed E-state index contributed by atoms with van der Waals surface area (Å²) in [5.41, 5.74) is 9.38. The number of hydrogen-bond donors (Lipinski definition) is 1. The highest BCUT2D eigenvalue weighted by Crippen LogP contribution is 2.51. The molecule has 2 aromatic rings. The summed E-state index contributed by atoms with van der Waals surface area (Å²) in [4.78, 5) is 11.4. The van der Waals surface area contributed by atoms with Gasteiger partial charge in [0.25, 0.3) is 0 Å². The fourth-order valence-corrected chi connectivity index (χ4v) is 4.84. The molecule has 1 aliphatic carbocycles. The van der Waals surface area contributed by atoms with Gasteiger partial charge in [0.05, 0.1) is 6.61 Å². The van der Waals surface area contributed by atoms with Gasteiger partial charge in [0.1, 0.15) is 30.5 Å². The molecule has 0 radical (unpaired) electrons. The summed E-state index contributed by atoms with van der Waals surface area (Å²) in [6.45, 7) is 0.561. The lowest BCUT2D eigenvalue weighted by atomic mass is 9.80. The minimum Gasteiger partial charge on any atom is -0.447 e. The van der Waals surface area contributed by atoms with Crippen molar-refractivity contribution in [3.8, 4) is 11.1 Å². The van der Waals surface area contributed by atoms with E-state index in [-0.39, 0.29) is 30.8 Å². The van der Waals surface area contributed by atoms with E-state index >= 15 is 0 Å². The molecule has 2 aromatic carbocycles. The Morgan fingerprint density at radius 2 is 1.79 bits per heavy atom. The summed E-state index contributed by atoms with van der Waals surface area (Å²) in [6, 6.07) is 16.8. The Morgan fingerprint density at radius 3 is 2.29 bits per heavy atom. The van der Waals surface area contributed by atoms with Crippen LogP contribution in [0.25, 0.3) is 11.1 Å². The Balaban J connectivity index is 1.54. The molecular weight excluding hydrogens is 358 g/mol. The molecule has 28 heavy (non-hydrogen) atoms. The number of primary amides is 1. The van der Waals surface area contributed by atoms with Crippen molar-refractivity contribution in [1.29, 1.82) is 0 Å². The Hall–Kier alpha value is -2.41. The van der Waals surface area contributed by atoms with Gasteiger partial charge in [-0.2, -0.15) is 0 Å². The van der Waals surface area contributed by atoms with Crippen LogP contribution in [0.3, 0.4) is 0 Å². The molecule has 6 heteroatoms. The van der Waals surface area contributed by atoms with Gasteiger partial charge in [0.2, 0.25) is 0 Å². The maximum Gasteiger partial charge on any atom is 0.404 e. The largest absolute Gasteiger partial charge is 0.447 e. The molecule has 5 rings (SSSR count). The fourth-order valence-electron chi connectivity index (χ4n) is 4.84. The van der Waals surface area contributed by atoms with Crippen LogP contribution in [-0.2, 0) is 18.9 Å². The number of hydrogen-bond acceptors (Lipinski definition) is 5. The highest BCUT2D eigenvalue weighted by atomic mass is 16.7. The lowest BCUT2D eigenvalue weighted by molar-refractivity contribution is -0.159. The zero-order valence-electron chi connectivity index (χ0n) is 15.7. The molecule has 4 atom stereocenters. The van der Waals surface area contributed by atoms with Crippen molar-refractivity contribution < 1.29 is 23.7 Å². The van der Waals surface area contributed by atoms with E-state index in [4.69, 9.17) is 24.7 Å². The van der Waals surface area contributed by atoms with E-state index in [1.165, 1.54) is 22.3 Å². The van der Waals surface area contributed by atoms with Gasteiger partial charge in [-0.25, -0.2) is 4.79 Å². The fraction of sp³-hybridized carbons (Fsp3) is 0.409. The lowest BCUT2D eigenvalue weighted by Gasteiger charge is -2.39. The number of rotatable bonds is 6. The normalized spacial score (nSPS) is 26.8. The van der Waals surface area contributed by atoms with E-state index in [0.29, 0.717) is 13.0 Å². The smallest absolute Gasteiger partial charge is 0.404 e. The SMILES string of the molecule is CO[C@](COC(N)=O)(CC1c2ccccc2-c2ccccc21)[C@@H]1OC[C@H]2O[C@H]12. The van der Waals surface area contributed by atoms with Gasteiger partial charge < -0.3 is 24.7 Å². The van der Waals surface area contributed by atoms with Crippen LogP contribution in [0.2, 0.25) is 0 Å². The number of methoxy groups -OCH3 is 1. The highest BCUT2D eigenvalue weighted by Gasteiger charge is 2.61. The number of fused-ring (bicyclic) bond motifs is 4. The van der Waals surface area contributed by atoms with E-state index in [9.17, 15) is 4.79 Å². The van der Waals surface area contributed by atoms with Crippen LogP contribution in [0, 0.1) is 0 Å². The summed E-state index contributed by atoms with van der Waals surface area (Å²) in [5.74, 6) is 0.102. The summed E-state index contributed by atoms with van der Waals surface area (Å²) in [6.07, 6.45) is -0.441. The van der Waals surface area contributed by atoms with Crippen LogP contribution >= 0.6 is 0 Å². The minimum absolute atomic E-state index is 0.0247. The molecule has 2 aliphatic heterocycles. The van der Waals surface area contributed by atoms with Crippen LogP contribution < -0.4 is 5.73 Å². The third-order valence-electron chi connectivity index (χ3n) is 6.26. The zero-order chi connectivity index (χ0) is 19.3. The first-order valence-corrected chi connectivity index (χ1v) is 9.55. The average Bonchev–Trinajstić information content (AvgIpc) is 3.26. The maximum atomic E-state index is 11.4. The predicted octanol–water partition coefficient (Wildman–Crippen LogP) is 2.84. The van der Waals surface area contributed by atoms with Crippen molar-refractivity contribution >= 4 is 6.09 Å². The number of nitrogens with two attached hydrogens (primary N) is 1. The van der Waals surface area contributed by atoms with Crippen LogP contribution in [-0.4, -0.2) is 50.3 Å². The average molecular weight is 381 g/mol. The predicted molar refractivity (Wildman–Crippen MR) is 102 cm³/mol. The quantitative estimate of drug-likeness (QED) is 0.778. The highest BCUT2D eigenvalue weighted by molar-refractivity contribution is 5.78. The Kier molecular flexibility index (Phi) is 4.16. The van der Waals surface area contributed by atoms with Crippen molar-refractivity contribution in [2.75, 3.05) is 20.3 Å². The molecule has 0 aromatic heterocycles. The summed E-state index contributed by atoms with van der Waals surface area (Å²) in [7, 11) is 1.64. The molecule has 2 N–H and O–H groups in total. The number of benzene rings is 2. The Bertz CT molecular complexity index is 870. The molecule has 0 bridgehead atoms. The Labute approximate surface area is 163 Å². The molecule has 2 saturated heterocycles. The molecule has 0 spiro atoms. The molecular formula is C22H23NO5. The van der Waals surface area contributed by atoms with Crippen LogP contribution in [0.5, 0.6) is 0 Å². The minimum atomic E-state index is -0.847. The van der Waals surface area contributed by atoms with E-state index < -0.39 is 11.7 Å². The number of ether oxygens (including phenoxy) is 4. The van der Waals surface area contributed by atoms with E-state index in [2.05, 4.69) is 48.5 Å². The molecule has 6 nitrogen and oxygen atoms in total. The molecule has 2 fully saturated rings. The second kappa shape index (κ2) is 6.58. The van der Waals surface area contributed by atoms with Gasteiger partial charge in [0.15, 0.2) is 0 Å². The Morgan fingerprint density at radius 1 is 1.14 bits per heavy atom. The molecule has 0 unspecified atom stereocenters. The number of amides is 1. The third-order valence-corrected chi connectivity index (χ3v) is 6.26. The van der Waals surface area contributed by atoms with Gasteiger partial charge in [-0.15, -0.1) is 0 Å². The number of carbonyl (C=O) groups excluding carboxylic acids is 1. The summed E-state index contributed by atoms with van der Waals surface area (Å²) >= 11 is 0. The first kappa shape index (κ1) is 17.7. The molecule has 1 amide bonds. The van der Waals surface area contributed by atoms with Gasteiger partial charge >= 0.3 is 6.09 Å². The first-order chi connectivity index (χ1) is 13.6. The second-order valence-corrected chi connectivity index (χ2v) is 7.70. The van der Waals surface area contributed by atoms with Crippen LogP contribution in [0.15, 0.2) is 48.5 Å². The zero-order valence-corrected chi connectivity index (χ0v) is 15.7. The van der Waals surface area contributed by atoms with Crippen molar-refractivity contribution in [1.82, 2.24) is 0 Å². The number of epoxide rings is 1. The van der Waals surface area contributed by atoms with Gasteiger partial charge in [-0.05, 0) is 28.7 Å². The summed E-state index contributed by atoms with van der Waals surface area (Å²) < 4.78 is 23.0. The first-order valence-electron chi connectivity index (χ1n) is 9.55. The van der Waals surface area contributed by atoms with Crippen molar-refractivity contribution in [2.45, 2.75) is 36.3 Å². The van der Waals surface area contributed by atoms with E-state index in [1.54, 1.807) is 7.11 Å². The number of carbonyl (C=O) groups is 1. The second-order valence-electron chi connectivity index (χ2n) is 7.70. The van der Waals surface area contributed by atoms with Gasteiger partial charge in [0, 0.05) is 13.0 Å². The van der Waals surface area contributed by atoms with Crippen LogP contribution in [0.1, 0.15) is 23.5 Å². The van der Waals surface area contributed by atoms with Gasteiger partial charge in [-0.1, -0.05) is 48.5 Å². The molecule has 146 valence electrons. The topological polar surface area (TPSA) is 83.3 Å². The lowest BCUT2D eigenvalue weighted by Crippen LogP contribution is -2.52. The van der Waals surface area contributed by atoms with Crippen LogP contribution in [0.4, 0.5) is 4.79 Å². The van der Waals surface area contributed by atoms with Crippen molar-refractivity contribution in [2.24, 2.45) is 5.73 Å². The van der Waals surface area contributed by atoms with E-state index in [1.807, 2.05) is 0 Å². The van der Waals surface area contributed by atoms with Crippen molar-refractivity contribution in [3.63, 3.8) is 0 Å². The molecule has 0 saturated carbocycles. The van der Waals surface area contributed by atoms with E-state index in [0.717, 1.165) is 0 Å². The third kappa shape index (κ3) is 2.71. The maximum absolute atomic E-state index is 11.4. The standard InChI is InChI=1S/C22H23NO5/c1-25-22(12-27-21(23)24,20-19-18(28-19)11-26-20)10-17-15-8-4-2-6-13(15)14-7-3-5-9-16(14)17/h2-9,17-20H,10-12H2,1H3,(H2,23,24)/t18-,19+,20-,22+/m1/s1.